The van der Waals surface area contributed by atoms with Crippen LogP contribution in [0.3, 0.4) is 0 Å². The second-order valence-corrected chi connectivity index (χ2v) is 31.7. The Kier molecular flexibility index (Phi) is 53.2. The van der Waals surface area contributed by atoms with Gasteiger partial charge in [0.1, 0.15) is 0 Å². The van der Waals surface area contributed by atoms with Gasteiger partial charge in [0.25, 0.3) is 0 Å². The van der Waals surface area contributed by atoms with Gasteiger partial charge in [-0.2, -0.15) is 4.99 Å². The smallest absolute Gasteiger partial charge is 0.0797 e. The fraction of sp³-hybridized carbons (Fsp3) is 0.470. The van der Waals surface area contributed by atoms with E-state index in [2.05, 4.69) is 199 Å². The van der Waals surface area contributed by atoms with Crippen LogP contribution in [0.25, 0.3) is 0 Å². The average Bonchev–Trinajstić information content (AvgIpc) is 3.43. The van der Waals surface area contributed by atoms with Crippen LogP contribution in [0.2, 0.25) is 0 Å². The SMILES string of the molecule is C.CSC(Cc1c(C)cccc1C)=NCCCCN=C(Cc1c(C)cccc1C)SC.Cc1cccc(C)c1CC(=S)CCCCCCC(=S)Cc1c(C)cccc1C.Cc1cccc(C)c1N=C=S.NCCCCN.PPP.PPP. The van der Waals surface area contributed by atoms with Crippen LogP contribution in [-0.4, -0.2) is 63.7 Å². The van der Waals surface area contributed by atoms with E-state index in [1.807, 2.05) is 32.0 Å². The van der Waals surface area contributed by atoms with Gasteiger partial charge in [-0.15, -0.1) is 59.2 Å². The van der Waals surface area contributed by atoms with Gasteiger partial charge in [0.15, 0.2) is 0 Å². The van der Waals surface area contributed by atoms with Crippen LogP contribution < -0.4 is 11.5 Å². The Morgan fingerprint density at radius 2 is 0.695 bits per heavy atom. The number of isothiocyanates is 1. The highest BCUT2D eigenvalue weighted by molar-refractivity contribution is 8.34. The highest BCUT2D eigenvalue weighted by Crippen LogP contribution is 2.29. The summed E-state index contributed by atoms with van der Waals surface area (Å²) in [4.78, 5) is 16.1. The molecule has 0 aliphatic rings. The maximum Gasteiger partial charge on any atom is 0.0797 e. The molecule has 5 nitrogen and oxygen atoms in total. The average molecular weight is 1310 g/mol. The number of rotatable bonds is 24. The van der Waals surface area contributed by atoms with Crippen LogP contribution in [0.5, 0.6) is 0 Å². The van der Waals surface area contributed by atoms with Crippen molar-refractivity contribution in [2.24, 2.45) is 26.4 Å². The van der Waals surface area contributed by atoms with E-state index in [-0.39, 0.29) is 7.43 Å². The molecule has 0 aromatic heterocycles. The molecule has 0 spiro atoms. The van der Waals surface area contributed by atoms with Crippen molar-refractivity contribution in [3.05, 3.63) is 169 Å². The minimum Gasteiger partial charge on any atom is -0.330 e. The minimum atomic E-state index is 0. The van der Waals surface area contributed by atoms with Gasteiger partial charge in [-0.3, -0.25) is 9.98 Å². The Bertz CT molecular complexity index is 2440. The van der Waals surface area contributed by atoms with Crippen LogP contribution >= 0.6 is 112 Å². The summed E-state index contributed by atoms with van der Waals surface area (Å²) >= 11 is 19.4. The standard InChI is InChI=1S/C26H36N2S2.C26H34S2.C9H9NS.C4H12N2.CH4.2H5P3/c1-19-11-9-12-20(2)23(19)17-25(29-5)27-15-7-8-16-28-26(30-6)18-24-21(3)13-10-14-22(24)4;1-19-11-9-12-20(2)25(19)17-23(27)15-7-5-6-8-16-24(28)18-26-21(3)13-10-14-22(26)4;1-7-4-3-5-8(2)9(7)10-6-11;5-3-1-2-4-6;;2*1-3-2/h9-14H,7-8,15-18H2,1-6H3;9-14H,5-8,15-18H2,1-4H3;3-5H,1-2H3;1-6H2;1H4;2*3H,1-2H2. The molecule has 16 heteroatoms. The zero-order valence-electron chi connectivity index (χ0n) is 51.2. The van der Waals surface area contributed by atoms with E-state index in [0.717, 1.165) is 123 Å². The van der Waals surface area contributed by atoms with Gasteiger partial charge in [0.2, 0.25) is 0 Å². The number of aliphatic imine (C=N–C) groups is 3. The molecular weight excluding hydrogens is 1210 g/mol. The summed E-state index contributed by atoms with van der Waals surface area (Å²) in [6.45, 7) is 24.9. The normalized spacial score (nSPS) is 10.6. The first-order valence-electron chi connectivity index (χ1n) is 28.1. The molecule has 4 N–H and O–H groups in total. The summed E-state index contributed by atoms with van der Waals surface area (Å²) < 4.78 is 0. The Morgan fingerprint density at radius 1 is 0.439 bits per heavy atom. The number of para-hydroxylation sites is 1. The number of thioether (sulfide) groups is 2. The molecule has 4 unspecified atom stereocenters. The van der Waals surface area contributed by atoms with Gasteiger partial charge < -0.3 is 11.5 Å². The van der Waals surface area contributed by atoms with Crippen molar-refractivity contribution in [1.29, 1.82) is 0 Å². The monoisotopic (exact) mass is 1310 g/mol. The van der Waals surface area contributed by atoms with E-state index in [4.69, 9.17) is 45.9 Å². The zero-order chi connectivity index (χ0) is 61.0. The predicted octanol–water partition coefficient (Wildman–Crippen LogP) is 20.6. The van der Waals surface area contributed by atoms with Crippen LogP contribution in [-0.2, 0) is 25.7 Å². The third-order valence-electron chi connectivity index (χ3n) is 13.5. The predicted molar refractivity (Wildman–Crippen MR) is 412 cm³/mol. The van der Waals surface area contributed by atoms with Crippen LogP contribution in [0.4, 0.5) is 5.69 Å². The lowest BCUT2D eigenvalue weighted by Gasteiger charge is -2.11. The van der Waals surface area contributed by atoms with Crippen LogP contribution in [0.1, 0.15) is 150 Å². The summed E-state index contributed by atoms with van der Waals surface area (Å²) in [6.07, 6.45) is 19.4. The molecule has 82 heavy (non-hydrogen) atoms. The number of thiocarbonyl (C=S) groups is 3. The van der Waals surface area contributed by atoms with Gasteiger partial charge in [-0.25, -0.2) is 0 Å². The largest absolute Gasteiger partial charge is 0.330 e. The molecule has 0 fully saturated rings. The first-order chi connectivity index (χ1) is 38.8. The number of hydrogen-bond acceptors (Lipinski definition) is 10. The number of nitrogens with two attached hydrogens (primary N) is 2. The molecule has 0 bridgehead atoms. The summed E-state index contributed by atoms with van der Waals surface area (Å²) in [6, 6.07) is 32.1. The molecular formula is C66H105N5P6S5. The second-order valence-electron chi connectivity index (χ2n) is 19.9. The van der Waals surface area contributed by atoms with Gasteiger partial charge >= 0.3 is 0 Å². The van der Waals surface area contributed by atoms with E-state index in [1.165, 1.54) is 112 Å². The lowest BCUT2D eigenvalue weighted by molar-refractivity contribution is 0.666. The zero-order valence-corrected chi connectivity index (χ0v) is 61.9. The molecule has 5 aromatic carbocycles. The van der Waals surface area contributed by atoms with E-state index < -0.39 is 0 Å². The maximum absolute atomic E-state index is 5.65. The van der Waals surface area contributed by atoms with Gasteiger partial charge in [0.05, 0.1) is 20.9 Å². The van der Waals surface area contributed by atoms with Crippen molar-refractivity contribution in [2.45, 2.75) is 167 Å². The van der Waals surface area contributed by atoms with Gasteiger partial charge in [-0.05, 0) is 246 Å². The highest BCUT2D eigenvalue weighted by Gasteiger charge is 2.10. The van der Waals surface area contributed by atoms with E-state index in [1.54, 1.807) is 23.5 Å². The van der Waals surface area contributed by atoms with Gasteiger partial charge in [-0.1, -0.05) is 152 Å². The van der Waals surface area contributed by atoms with Crippen molar-refractivity contribution in [1.82, 2.24) is 0 Å². The Hall–Kier alpha value is -1.38. The summed E-state index contributed by atoms with van der Waals surface area (Å²) in [7, 11) is 12.1. The first-order valence-corrected chi connectivity index (χ1v) is 41.0. The molecule has 5 aromatic rings. The van der Waals surface area contributed by atoms with Gasteiger partial charge in [0, 0.05) is 38.8 Å². The third-order valence-corrected chi connectivity index (χ3v) is 15.8. The van der Waals surface area contributed by atoms with E-state index >= 15 is 0 Å². The summed E-state index contributed by atoms with van der Waals surface area (Å²) in [5.41, 5.74) is 30.1. The van der Waals surface area contributed by atoms with Crippen molar-refractivity contribution in [3.8, 4) is 0 Å². The van der Waals surface area contributed by atoms with E-state index in [9.17, 15) is 0 Å². The molecule has 0 radical (unpaired) electrons. The van der Waals surface area contributed by atoms with E-state index in [0.29, 0.717) is 0 Å². The van der Waals surface area contributed by atoms with Crippen molar-refractivity contribution >= 4 is 142 Å². The minimum absolute atomic E-state index is 0. The molecule has 0 heterocycles. The second kappa shape index (κ2) is 52.7. The molecule has 4 atom stereocenters. The maximum atomic E-state index is 5.65. The number of unbranched alkanes of at least 4 members (excludes halogenated alkanes) is 5. The summed E-state index contributed by atoms with van der Waals surface area (Å²) in [5, 5.41) is 4.84. The lowest BCUT2D eigenvalue weighted by atomic mass is 9.96. The molecule has 5 rings (SSSR count). The fourth-order valence-corrected chi connectivity index (χ4v) is 10.4. The van der Waals surface area contributed by atoms with Crippen molar-refractivity contribution in [3.63, 3.8) is 0 Å². The molecule has 454 valence electrons. The first kappa shape index (κ1) is 82.7. The fourth-order valence-electron chi connectivity index (χ4n) is 8.72. The van der Waals surface area contributed by atoms with Crippen molar-refractivity contribution < 1.29 is 0 Å². The highest BCUT2D eigenvalue weighted by atomic mass is 32.4. The number of benzene rings is 5. The van der Waals surface area contributed by atoms with Crippen LogP contribution in [0.15, 0.2) is 106 Å². The number of hydrogen-bond donors (Lipinski definition) is 2. The Morgan fingerprint density at radius 3 is 0.939 bits per heavy atom. The van der Waals surface area contributed by atoms with Crippen LogP contribution in [0, 0.1) is 69.2 Å². The quantitative estimate of drug-likeness (QED) is 0.0209. The van der Waals surface area contributed by atoms with Crippen molar-refractivity contribution in [2.75, 3.05) is 38.7 Å². The lowest BCUT2D eigenvalue weighted by Crippen LogP contribution is -2.04. The molecule has 0 amide bonds. The Labute approximate surface area is 538 Å². The topological polar surface area (TPSA) is 89.1 Å². The number of nitrogens with zero attached hydrogens (tertiary/aromatic N) is 3. The summed E-state index contributed by atoms with van der Waals surface area (Å²) in [5.74, 6) is 0. The molecule has 0 aliphatic heterocycles. The number of aryl methyl sites for hydroxylation is 10. The molecule has 0 saturated heterocycles. The molecule has 0 saturated carbocycles. The molecule has 0 aliphatic carbocycles. The third kappa shape index (κ3) is 37.3. The Balaban J connectivity index is 0.